The molecule has 9 nitrogen and oxygen atoms in total. The average Bonchev–Trinajstić information content (AvgIpc) is 2.97. The molecular weight excluding hydrogens is 572 g/mol. The molecule has 2 fully saturated rings. The lowest BCUT2D eigenvalue weighted by molar-refractivity contribution is -0.157. The molecule has 1 aromatic carbocycles. The highest BCUT2D eigenvalue weighted by Crippen LogP contribution is 2.47. The molecule has 4 rings (SSSR count). The van der Waals surface area contributed by atoms with E-state index < -0.39 is 12.2 Å². The molecule has 1 aliphatic heterocycles. The van der Waals surface area contributed by atoms with Crippen LogP contribution in [0.2, 0.25) is 0 Å². The first-order valence-corrected chi connectivity index (χ1v) is 16.7. The number of aliphatic hydroxyl groups excluding tert-OH is 1. The summed E-state index contributed by atoms with van der Waals surface area (Å²) in [5.74, 6) is 2.82. The number of allylic oxidation sites excluding steroid dienone is 2. The van der Waals surface area contributed by atoms with Crippen LogP contribution >= 0.6 is 0 Å². The van der Waals surface area contributed by atoms with Gasteiger partial charge in [-0.1, -0.05) is 26.3 Å². The number of nitrogens with two attached hydrogens (primary N) is 1. The minimum atomic E-state index is -0.500. The number of hydrogen-bond acceptors (Lipinski definition) is 9. The van der Waals surface area contributed by atoms with Gasteiger partial charge < -0.3 is 35.5 Å². The summed E-state index contributed by atoms with van der Waals surface area (Å²) in [5.41, 5.74) is 8.68. The third-order valence-corrected chi connectivity index (χ3v) is 10.2. The minimum absolute atomic E-state index is 0.0292. The predicted molar refractivity (Wildman–Crippen MR) is 174 cm³/mol. The van der Waals surface area contributed by atoms with Gasteiger partial charge in [-0.2, -0.15) is 0 Å². The molecule has 2 saturated carbocycles. The number of rotatable bonds is 12. The average molecular weight is 627 g/mol. The van der Waals surface area contributed by atoms with E-state index in [0.717, 1.165) is 42.4 Å². The number of carbonyl (C=O) groups excluding carboxylic acids is 2. The number of esters is 2. The second-order valence-electron chi connectivity index (χ2n) is 13.8. The van der Waals surface area contributed by atoms with Gasteiger partial charge in [-0.3, -0.25) is 9.59 Å². The molecule has 0 amide bonds. The SMILES string of the molecule is COc1cc(CC[C@H](C[C@@H](OC(C)=O)[C@H]2C[C@H](CO)C[C@H]3CC[C@H](C(C)C)[C@@H](C3)C2)OC(C)=O)c(C2=CCNC(N)=C2)cc1O. The summed E-state index contributed by atoms with van der Waals surface area (Å²) in [5, 5.41) is 24.0. The van der Waals surface area contributed by atoms with E-state index in [9.17, 15) is 19.8 Å². The van der Waals surface area contributed by atoms with Crippen molar-refractivity contribution in [3.05, 3.63) is 41.2 Å². The zero-order valence-corrected chi connectivity index (χ0v) is 27.7. The Morgan fingerprint density at radius 2 is 1.82 bits per heavy atom. The molecule has 1 heterocycles. The van der Waals surface area contributed by atoms with Gasteiger partial charge in [0.25, 0.3) is 0 Å². The molecule has 0 spiro atoms. The lowest BCUT2D eigenvalue weighted by Crippen LogP contribution is -2.40. The number of aliphatic hydroxyl groups is 1. The number of ether oxygens (including phenoxy) is 3. The summed E-state index contributed by atoms with van der Waals surface area (Å²) in [6.07, 6.45) is 10.6. The molecule has 0 unspecified atom stereocenters. The van der Waals surface area contributed by atoms with Gasteiger partial charge in [0.15, 0.2) is 11.5 Å². The van der Waals surface area contributed by atoms with Crippen molar-refractivity contribution in [1.82, 2.24) is 5.32 Å². The maximum absolute atomic E-state index is 12.5. The van der Waals surface area contributed by atoms with Gasteiger partial charge in [0, 0.05) is 33.4 Å². The first-order valence-electron chi connectivity index (χ1n) is 16.7. The van der Waals surface area contributed by atoms with Crippen LogP contribution in [0.3, 0.4) is 0 Å². The zero-order chi connectivity index (χ0) is 32.7. The van der Waals surface area contributed by atoms with Gasteiger partial charge in [-0.15, -0.1) is 0 Å². The Hall–Kier alpha value is -3.20. The fourth-order valence-corrected chi connectivity index (χ4v) is 8.26. The van der Waals surface area contributed by atoms with Crippen LogP contribution in [0, 0.1) is 35.5 Å². The van der Waals surface area contributed by atoms with Crippen LogP contribution in [0.1, 0.15) is 90.2 Å². The number of methoxy groups -OCH3 is 1. The quantitative estimate of drug-likeness (QED) is 0.222. The van der Waals surface area contributed by atoms with Crippen molar-refractivity contribution in [2.45, 2.75) is 97.7 Å². The number of nitrogens with one attached hydrogen (secondary N) is 1. The number of phenolic OH excluding ortho intramolecular Hbond substituents is 1. The number of dihydropyridines is 1. The van der Waals surface area contributed by atoms with E-state index in [4.69, 9.17) is 19.9 Å². The Kier molecular flexibility index (Phi) is 12.2. The number of hydrogen-bond donors (Lipinski definition) is 4. The Morgan fingerprint density at radius 1 is 1.07 bits per heavy atom. The largest absolute Gasteiger partial charge is 0.504 e. The molecule has 7 atom stereocenters. The third kappa shape index (κ3) is 9.41. The van der Waals surface area contributed by atoms with Gasteiger partial charge >= 0.3 is 11.9 Å². The highest BCUT2D eigenvalue weighted by Gasteiger charge is 2.40. The molecule has 2 aliphatic carbocycles. The third-order valence-electron chi connectivity index (χ3n) is 10.2. The van der Waals surface area contributed by atoms with Crippen LogP contribution in [-0.2, 0) is 25.5 Å². The first-order chi connectivity index (χ1) is 21.5. The molecule has 0 radical (unpaired) electrons. The number of phenols is 1. The summed E-state index contributed by atoms with van der Waals surface area (Å²) >= 11 is 0. The highest BCUT2D eigenvalue weighted by atomic mass is 16.6. The summed E-state index contributed by atoms with van der Waals surface area (Å²) in [4.78, 5) is 24.8. The Morgan fingerprint density at radius 3 is 2.47 bits per heavy atom. The van der Waals surface area contributed by atoms with E-state index in [0.29, 0.717) is 61.0 Å². The monoisotopic (exact) mass is 626 g/mol. The smallest absolute Gasteiger partial charge is 0.302 e. The minimum Gasteiger partial charge on any atom is -0.504 e. The van der Waals surface area contributed by atoms with Crippen LogP contribution in [0.15, 0.2) is 30.1 Å². The van der Waals surface area contributed by atoms with E-state index in [-0.39, 0.29) is 36.1 Å². The molecule has 1 aromatic rings. The van der Waals surface area contributed by atoms with E-state index in [2.05, 4.69) is 19.2 Å². The lowest BCUT2D eigenvalue weighted by atomic mass is 9.62. The molecule has 45 heavy (non-hydrogen) atoms. The lowest BCUT2D eigenvalue weighted by Gasteiger charge is -2.45. The molecule has 0 aromatic heterocycles. The number of benzene rings is 1. The maximum Gasteiger partial charge on any atom is 0.302 e. The second-order valence-corrected chi connectivity index (χ2v) is 13.8. The van der Waals surface area contributed by atoms with Crippen molar-refractivity contribution < 1.29 is 34.0 Å². The van der Waals surface area contributed by atoms with Gasteiger partial charge in [-0.25, -0.2) is 0 Å². The van der Waals surface area contributed by atoms with Gasteiger partial charge in [0.2, 0.25) is 0 Å². The van der Waals surface area contributed by atoms with Gasteiger partial charge in [-0.05, 0) is 115 Å². The van der Waals surface area contributed by atoms with Crippen molar-refractivity contribution in [3.8, 4) is 11.5 Å². The fourth-order valence-electron chi connectivity index (χ4n) is 8.26. The van der Waals surface area contributed by atoms with Crippen molar-refractivity contribution in [2.24, 2.45) is 41.2 Å². The van der Waals surface area contributed by atoms with Crippen molar-refractivity contribution in [1.29, 1.82) is 0 Å². The van der Waals surface area contributed by atoms with E-state index in [1.807, 2.05) is 18.2 Å². The van der Waals surface area contributed by atoms with Gasteiger partial charge in [0.05, 0.1) is 12.9 Å². The van der Waals surface area contributed by atoms with Crippen LogP contribution in [-0.4, -0.2) is 54.6 Å². The van der Waals surface area contributed by atoms with Crippen LogP contribution in [0.25, 0.3) is 5.57 Å². The molecular formula is C36H54N2O7. The number of aryl methyl sites for hydroxylation is 1. The van der Waals surface area contributed by atoms with Crippen LogP contribution < -0.4 is 15.8 Å². The van der Waals surface area contributed by atoms with Gasteiger partial charge in [0.1, 0.15) is 12.2 Å². The molecule has 5 N–H and O–H groups in total. The molecule has 2 bridgehead atoms. The first kappa shape index (κ1) is 34.7. The second kappa shape index (κ2) is 15.9. The van der Waals surface area contributed by atoms with E-state index in [1.54, 1.807) is 6.07 Å². The number of fused-ring (bicyclic) bond motifs is 2. The Bertz CT molecular complexity index is 1240. The zero-order valence-electron chi connectivity index (χ0n) is 27.7. The summed E-state index contributed by atoms with van der Waals surface area (Å²) in [6.45, 7) is 8.16. The van der Waals surface area contributed by atoms with Crippen LogP contribution in [0.5, 0.6) is 11.5 Å². The van der Waals surface area contributed by atoms with Crippen molar-refractivity contribution in [3.63, 3.8) is 0 Å². The highest BCUT2D eigenvalue weighted by molar-refractivity contribution is 5.79. The summed E-state index contributed by atoms with van der Waals surface area (Å²) in [7, 11) is 1.51. The molecule has 0 saturated heterocycles. The van der Waals surface area contributed by atoms with E-state index in [1.165, 1.54) is 33.8 Å². The maximum atomic E-state index is 12.5. The van der Waals surface area contributed by atoms with Crippen molar-refractivity contribution in [2.75, 3.05) is 20.3 Å². The molecule has 3 aliphatic rings. The topological polar surface area (TPSA) is 140 Å². The summed E-state index contributed by atoms with van der Waals surface area (Å²) in [6, 6.07) is 3.50. The Labute approximate surface area is 268 Å². The Balaban J connectivity index is 1.60. The standard InChI is InChI=1S/C36H54N2O7/c1-21(2)31-9-6-24-12-25(20-39)14-29(15-28(31)13-24)34(45-23(4)41)18-30(44-22(3)40)8-7-26-16-35(43-5)33(42)19-32(26)27-10-11-38-36(37)17-27/h10,16-17,19,21,24-25,28-31,34,38-39,42H,6-9,11-15,18,20,37H2,1-5H3/t24-,25-,28+,29+,30-,31-,34-/m1/s1. The normalized spacial score (nSPS) is 26.3. The van der Waals surface area contributed by atoms with E-state index >= 15 is 0 Å². The number of carbonyl (C=O) groups is 2. The predicted octanol–water partition coefficient (Wildman–Crippen LogP) is 5.47. The summed E-state index contributed by atoms with van der Waals surface area (Å²) < 4.78 is 17.4. The molecule has 250 valence electrons. The van der Waals surface area contributed by atoms with Crippen molar-refractivity contribution >= 4 is 17.5 Å². The number of aromatic hydroxyl groups is 1. The molecule has 9 heteroatoms. The fraction of sp³-hybridized carbons (Fsp3) is 0.667. The van der Waals surface area contributed by atoms with Crippen LogP contribution in [0.4, 0.5) is 0 Å².